The van der Waals surface area contributed by atoms with Crippen LogP contribution in [0, 0.1) is 0 Å². The van der Waals surface area contributed by atoms with Crippen molar-refractivity contribution in [3.8, 4) is 68.3 Å². The molecule has 12 rings (SSSR count). The van der Waals surface area contributed by atoms with Gasteiger partial charge in [0, 0.05) is 55.0 Å². The normalized spacial score (nSPS) is 11.5. The van der Waals surface area contributed by atoms with Crippen molar-refractivity contribution in [1.82, 2.24) is 34.1 Å². The van der Waals surface area contributed by atoms with E-state index >= 15 is 0 Å². The lowest BCUT2D eigenvalue weighted by atomic mass is 10.1. The lowest BCUT2D eigenvalue weighted by Gasteiger charge is -2.12. The molecule has 4 heterocycles. The van der Waals surface area contributed by atoms with Gasteiger partial charge in [-0.15, -0.1) is 0 Å². The third-order valence-corrected chi connectivity index (χ3v) is 11.6. The van der Waals surface area contributed by atoms with Gasteiger partial charge in [0.15, 0.2) is 17.5 Å². The predicted octanol–water partition coefficient (Wildman–Crippen LogP) is 13.2. The topological polar surface area (TPSA) is 74.3 Å². The average Bonchev–Trinajstić information content (AvgIpc) is 3.88. The molecule has 0 unspecified atom stereocenters. The Hall–Kier alpha value is -8.55. The zero-order valence-corrected chi connectivity index (χ0v) is 33.3. The SMILES string of the molecule is c1ccc(-c2cc(-c3cccc(-n4c5ccccc5c5c6c7ccccc7n(-c7nc(-c8ccccc8)nc(-c8ccccc8)n7)c6ccc54)c3)nc(-c3ccccc3)n2)cc1. The van der Waals surface area contributed by atoms with Crippen molar-refractivity contribution in [2.45, 2.75) is 0 Å². The van der Waals surface area contributed by atoms with Gasteiger partial charge < -0.3 is 4.57 Å². The van der Waals surface area contributed by atoms with Crippen LogP contribution in [0.3, 0.4) is 0 Å². The monoisotopic (exact) mass is 793 g/mol. The minimum absolute atomic E-state index is 0.564. The number of benzene rings is 8. The number of hydrogen-bond donors (Lipinski definition) is 0. The number of fused-ring (bicyclic) bond motifs is 7. The van der Waals surface area contributed by atoms with E-state index in [0.717, 1.165) is 83.1 Å². The number of para-hydroxylation sites is 2. The second-order valence-electron chi connectivity index (χ2n) is 15.3. The van der Waals surface area contributed by atoms with E-state index in [1.54, 1.807) is 0 Å². The molecule has 4 aromatic heterocycles. The third kappa shape index (κ3) is 5.94. The van der Waals surface area contributed by atoms with Gasteiger partial charge in [0.25, 0.3) is 0 Å². The van der Waals surface area contributed by atoms with Crippen LogP contribution in [0.25, 0.3) is 112 Å². The summed E-state index contributed by atoms with van der Waals surface area (Å²) < 4.78 is 4.57. The predicted molar refractivity (Wildman–Crippen MR) is 251 cm³/mol. The highest BCUT2D eigenvalue weighted by Crippen LogP contribution is 2.42. The molecule has 0 radical (unpaired) electrons. The fourth-order valence-electron chi connectivity index (χ4n) is 8.78. The molecule has 12 aromatic rings. The van der Waals surface area contributed by atoms with E-state index in [1.165, 1.54) is 5.39 Å². The van der Waals surface area contributed by atoms with Crippen molar-refractivity contribution in [2.24, 2.45) is 0 Å². The Morgan fingerprint density at radius 1 is 0.274 bits per heavy atom. The Morgan fingerprint density at radius 2 is 0.694 bits per heavy atom. The van der Waals surface area contributed by atoms with Gasteiger partial charge in [-0.25, -0.2) is 15.0 Å². The molecule has 7 heteroatoms. The van der Waals surface area contributed by atoms with Crippen molar-refractivity contribution in [1.29, 1.82) is 0 Å². The third-order valence-electron chi connectivity index (χ3n) is 11.6. The van der Waals surface area contributed by atoms with Crippen LogP contribution < -0.4 is 0 Å². The summed E-state index contributed by atoms with van der Waals surface area (Å²) in [7, 11) is 0. The summed E-state index contributed by atoms with van der Waals surface area (Å²) in [5.41, 5.74) is 11.9. The standard InChI is InChI=1S/C55H35N7/c1-5-18-36(19-6-1)44-35-45(57-52(56-44)37-20-7-2-8-21-37)40-26-17-27-41(34-40)61-46-30-15-13-28-42(46)50-48(61)32-33-49-51(50)43-29-14-16-31-47(43)62(49)55-59-53(38-22-9-3-10-23-38)58-54(60-55)39-24-11-4-12-25-39/h1-35H. The molecule has 0 fully saturated rings. The molecule has 0 saturated heterocycles. The van der Waals surface area contributed by atoms with Crippen molar-refractivity contribution < 1.29 is 0 Å². The van der Waals surface area contributed by atoms with Gasteiger partial charge in [-0.3, -0.25) is 4.57 Å². The highest BCUT2D eigenvalue weighted by molar-refractivity contribution is 6.28. The fourth-order valence-corrected chi connectivity index (χ4v) is 8.78. The zero-order valence-electron chi connectivity index (χ0n) is 33.3. The minimum Gasteiger partial charge on any atom is -0.309 e. The molecule has 0 N–H and O–H groups in total. The van der Waals surface area contributed by atoms with Crippen LogP contribution in [0.1, 0.15) is 0 Å². The number of nitrogens with zero attached hydrogens (tertiary/aromatic N) is 7. The quantitative estimate of drug-likeness (QED) is 0.161. The summed E-state index contributed by atoms with van der Waals surface area (Å²) >= 11 is 0. The maximum absolute atomic E-state index is 5.18. The zero-order chi connectivity index (χ0) is 41.0. The van der Waals surface area contributed by atoms with Crippen molar-refractivity contribution >= 4 is 43.6 Å². The molecular weight excluding hydrogens is 759 g/mol. The first-order valence-electron chi connectivity index (χ1n) is 20.7. The van der Waals surface area contributed by atoms with Crippen molar-refractivity contribution in [3.05, 3.63) is 212 Å². The van der Waals surface area contributed by atoms with Crippen molar-refractivity contribution in [3.63, 3.8) is 0 Å². The lowest BCUT2D eigenvalue weighted by molar-refractivity contribution is 0.953. The Bertz CT molecular complexity index is 3500. The number of rotatable bonds is 7. The molecule has 0 aliphatic rings. The van der Waals surface area contributed by atoms with E-state index in [-0.39, 0.29) is 0 Å². The first kappa shape index (κ1) is 35.4. The second kappa shape index (κ2) is 14.6. The maximum Gasteiger partial charge on any atom is 0.238 e. The Morgan fingerprint density at radius 3 is 1.24 bits per heavy atom. The molecule has 0 spiro atoms. The van der Waals surface area contributed by atoms with Gasteiger partial charge in [-0.1, -0.05) is 170 Å². The highest BCUT2D eigenvalue weighted by atomic mass is 15.2. The summed E-state index contributed by atoms with van der Waals surface area (Å²) in [5, 5.41) is 4.59. The van der Waals surface area contributed by atoms with Crippen LogP contribution in [-0.2, 0) is 0 Å². The lowest BCUT2D eigenvalue weighted by Crippen LogP contribution is -2.06. The maximum atomic E-state index is 5.18. The van der Waals surface area contributed by atoms with E-state index < -0.39 is 0 Å². The Balaban J connectivity index is 1.08. The smallest absolute Gasteiger partial charge is 0.238 e. The molecule has 0 aliphatic carbocycles. The summed E-state index contributed by atoms with van der Waals surface area (Å²) in [6.45, 7) is 0. The van der Waals surface area contributed by atoms with E-state index in [9.17, 15) is 0 Å². The number of aromatic nitrogens is 7. The summed E-state index contributed by atoms with van der Waals surface area (Å²) in [5.74, 6) is 2.49. The summed E-state index contributed by atoms with van der Waals surface area (Å²) in [4.78, 5) is 25.6. The molecule has 7 nitrogen and oxygen atoms in total. The van der Waals surface area contributed by atoms with Crippen LogP contribution in [0.2, 0.25) is 0 Å². The van der Waals surface area contributed by atoms with Crippen LogP contribution >= 0.6 is 0 Å². The highest BCUT2D eigenvalue weighted by Gasteiger charge is 2.23. The largest absolute Gasteiger partial charge is 0.309 e. The second-order valence-corrected chi connectivity index (χ2v) is 15.3. The molecule has 8 aromatic carbocycles. The summed E-state index contributed by atoms with van der Waals surface area (Å²) in [6, 6.07) is 73.2. The molecule has 0 saturated carbocycles. The molecule has 62 heavy (non-hydrogen) atoms. The Labute approximate surface area is 356 Å². The molecule has 0 aliphatic heterocycles. The molecule has 0 atom stereocenters. The van der Waals surface area contributed by atoms with Gasteiger partial charge in [0.05, 0.1) is 33.5 Å². The average molecular weight is 794 g/mol. The van der Waals surface area contributed by atoms with E-state index in [1.807, 2.05) is 97.1 Å². The van der Waals surface area contributed by atoms with Crippen LogP contribution in [-0.4, -0.2) is 34.1 Å². The van der Waals surface area contributed by atoms with Crippen LogP contribution in [0.4, 0.5) is 0 Å². The van der Waals surface area contributed by atoms with Crippen molar-refractivity contribution in [2.75, 3.05) is 0 Å². The Kier molecular flexibility index (Phi) is 8.35. The molecule has 0 bridgehead atoms. The van der Waals surface area contributed by atoms with E-state index in [0.29, 0.717) is 23.4 Å². The van der Waals surface area contributed by atoms with Crippen LogP contribution in [0.5, 0.6) is 0 Å². The van der Waals surface area contributed by atoms with Gasteiger partial charge in [-0.2, -0.15) is 9.97 Å². The van der Waals surface area contributed by atoms with E-state index in [4.69, 9.17) is 24.9 Å². The molecule has 0 amide bonds. The van der Waals surface area contributed by atoms with Gasteiger partial charge in [0.2, 0.25) is 5.95 Å². The van der Waals surface area contributed by atoms with E-state index in [2.05, 4.69) is 124 Å². The first-order chi connectivity index (χ1) is 30.7. The minimum atomic E-state index is 0.564. The van der Waals surface area contributed by atoms with Gasteiger partial charge in [-0.05, 0) is 42.5 Å². The van der Waals surface area contributed by atoms with Gasteiger partial charge in [0.1, 0.15) is 0 Å². The first-order valence-corrected chi connectivity index (χ1v) is 20.7. The number of hydrogen-bond acceptors (Lipinski definition) is 5. The fraction of sp³-hybridized carbons (Fsp3) is 0. The summed E-state index contributed by atoms with van der Waals surface area (Å²) in [6.07, 6.45) is 0. The van der Waals surface area contributed by atoms with Crippen LogP contribution in [0.15, 0.2) is 212 Å². The molecule has 290 valence electrons. The molecular formula is C55H35N7. The van der Waals surface area contributed by atoms with Gasteiger partial charge >= 0.3 is 0 Å².